The minimum absolute atomic E-state index is 0.323. The molecule has 1 atom stereocenters. The molecule has 1 rings (SSSR count). The zero-order chi connectivity index (χ0) is 8.81. The second-order valence-electron chi connectivity index (χ2n) is 2.56. The Morgan fingerprint density at radius 1 is 1.75 bits per heavy atom. The van der Waals surface area contributed by atoms with E-state index in [1.54, 1.807) is 11.3 Å². The van der Waals surface area contributed by atoms with Gasteiger partial charge in [-0.2, -0.15) is 23.1 Å². The van der Waals surface area contributed by atoms with Crippen LogP contribution in [0.2, 0.25) is 0 Å². The predicted octanol–water partition coefficient (Wildman–Crippen LogP) is 2.01. The molecule has 0 saturated carbocycles. The maximum absolute atomic E-state index is 5.45. The number of nitrogens with two attached hydrogens (primary N) is 1. The van der Waals surface area contributed by atoms with Crippen LogP contribution >= 0.6 is 23.1 Å². The zero-order valence-electron chi connectivity index (χ0n) is 7.12. The van der Waals surface area contributed by atoms with E-state index in [9.17, 15) is 0 Å². The Labute approximate surface area is 81.5 Å². The lowest BCUT2D eigenvalue weighted by Gasteiger charge is -2.13. The summed E-state index contributed by atoms with van der Waals surface area (Å²) in [5.41, 5.74) is 4.13. The smallest absolute Gasteiger partial charge is 0.0476 e. The van der Waals surface area contributed by atoms with Crippen molar-refractivity contribution in [3.05, 3.63) is 22.4 Å². The number of rotatable bonds is 5. The monoisotopic (exact) mass is 202 g/mol. The van der Waals surface area contributed by atoms with Crippen molar-refractivity contribution in [3.8, 4) is 0 Å². The molecule has 0 fully saturated rings. The summed E-state index contributed by atoms with van der Waals surface area (Å²) in [6.45, 7) is 0. The molecule has 1 aromatic rings. The summed E-state index contributed by atoms with van der Waals surface area (Å²) < 4.78 is 0. The highest BCUT2D eigenvalue weighted by atomic mass is 32.2. The Morgan fingerprint density at radius 2 is 2.58 bits per heavy atom. The Kier molecular flexibility index (Phi) is 4.68. The first kappa shape index (κ1) is 10.1. The molecule has 0 aliphatic heterocycles. The molecule has 0 spiro atoms. The van der Waals surface area contributed by atoms with Crippen molar-refractivity contribution in [2.24, 2.45) is 5.84 Å². The van der Waals surface area contributed by atoms with Crippen LogP contribution in [-0.2, 0) is 0 Å². The van der Waals surface area contributed by atoms with Crippen LogP contribution in [0.5, 0.6) is 0 Å². The average Bonchev–Trinajstić information content (AvgIpc) is 2.59. The van der Waals surface area contributed by atoms with E-state index in [2.05, 4.69) is 28.5 Å². The van der Waals surface area contributed by atoms with Crippen molar-refractivity contribution in [3.63, 3.8) is 0 Å². The Balaban J connectivity index is 2.45. The van der Waals surface area contributed by atoms with Crippen LogP contribution in [0.4, 0.5) is 0 Å². The van der Waals surface area contributed by atoms with E-state index >= 15 is 0 Å². The molecule has 0 aliphatic rings. The van der Waals surface area contributed by atoms with Crippen LogP contribution in [-0.4, -0.2) is 12.0 Å². The van der Waals surface area contributed by atoms with Crippen LogP contribution in [0.1, 0.15) is 18.0 Å². The van der Waals surface area contributed by atoms with E-state index < -0.39 is 0 Å². The molecular formula is C8H14N2S2. The van der Waals surface area contributed by atoms with Gasteiger partial charge in [0.25, 0.3) is 0 Å². The van der Waals surface area contributed by atoms with E-state index in [0.717, 1.165) is 12.2 Å². The van der Waals surface area contributed by atoms with Gasteiger partial charge in [0.05, 0.1) is 0 Å². The third kappa shape index (κ3) is 2.79. The second kappa shape index (κ2) is 5.59. The Morgan fingerprint density at radius 3 is 3.08 bits per heavy atom. The molecule has 0 aliphatic carbocycles. The lowest BCUT2D eigenvalue weighted by molar-refractivity contribution is 0.544. The number of thioether (sulfide) groups is 1. The zero-order valence-corrected chi connectivity index (χ0v) is 8.75. The number of hydrazine groups is 1. The molecule has 0 radical (unpaired) electrons. The topological polar surface area (TPSA) is 38.0 Å². The van der Waals surface area contributed by atoms with Crippen LogP contribution < -0.4 is 11.3 Å². The molecule has 1 aromatic heterocycles. The highest BCUT2D eigenvalue weighted by Gasteiger charge is 2.08. The molecule has 1 unspecified atom stereocenters. The SMILES string of the molecule is CSCCC(NN)c1ccsc1. The molecule has 0 saturated heterocycles. The van der Waals surface area contributed by atoms with Gasteiger partial charge in [-0.1, -0.05) is 0 Å². The first-order valence-electron chi connectivity index (χ1n) is 3.85. The van der Waals surface area contributed by atoms with Crippen molar-refractivity contribution in [1.29, 1.82) is 0 Å². The van der Waals surface area contributed by atoms with Crippen LogP contribution in [0.3, 0.4) is 0 Å². The van der Waals surface area contributed by atoms with E-state index in [0.29, 0.717) is 6.04 Å². The van der Waals surface area contributed by atoms with Crippen LogP contribution in [0.15, 0.2) is 16.8 Å². The summed E-state index contributed by atoms with van der Waals surface area (Å²) in [6, 6.07) is 2.44. The fourth-order valence-electron chi connectivity index (χ4n) is 1.06. The Bertz CT molecular complexity index is 199. The fourth-order valence-corrected chi connectivity index (χ4v) is 2.24. The van der Waals surface area contributed by atoms with Gasteiger partial charge < -0.3 is 0 Å². The second-order valence-corrected chi connectivity index (χ2v) is 4.32. The Hall–Kier alpha value is -0.0300. The quantitative estimate of drug-likeness (QED) is 0.566. The van der Waals surface area contributed by atoms with Crippen molar-refractivity contribution >= 4 is 23.1 Å². The minimum Gasteiger partial charge on any atom is -0.271 e. The number of hydrogen-bond acceptors (Lipinski definition) is 4. The molecule has 4 heteroatoms. The van der Waals surface area contributed by atoms with Gasteiger partial charge in [0.2, 0.25) is 0 Å². The third-order valence-corrected chi connectivity index (χ3v) is 3.10. The molecule has 0 bridgehead atoms. The maximum Gasteiger partial charge on any atom is 0.0476 e. The third-order valence-electron chi connectivity index (χ3n) is 1.76. The maximum atomic E-state index is 5.45. The lowest BCUT2D eigenvalue weighted by Crippen LogP contribution is -2.28. The van der Waals surface area contributed by atoms with E-state index in [1.165, 1.54) is 5.56 Å². The van der Waals surface area contributed by atoms with Gasteiger partial charge >= 0.3 is 0 Å². The lowest BCUT2D eigenvalue weighted by atomic mass is 10.1. The average molecular weight is 202 g/mol. The molecule has 0 amide bonds. The first-order chi connectivity index (χ1) is 5.88. The summed E-state index contributed by atoms with van der Waals surface area (Å²) in [5.74, 6) is 6.59. The summed E-state index contributed by atoms with van der Waals surface area (Å²) in [5, 5.41) is 4.23. The highest BCUT2D eigenvalue weighted by molar-refractivity contribution is 7.98. The number of nitrogens with one attached hydrogen (secondary N) is 1. The molecule has 3 N–H and O–H groups in total. The summed E-state index contributed by atoms with van der Waals surface area (Å²) in [7, 11) is 0. The minimum atomic E-state index is 0.323. The van der Waals surface area contributed by atoms with Gasteiger partial charge in [0.15, 0.2) is 0 Å². The van der Waals surface area contributed by atoms with Gasteiger partial charge in [-0.15, -0.1) is 0 Å². The van der Waals surface area contributed by atoms with Gasteiger partial charge in [-0.3, -0.25) is 11.3 Å². The van der Waals surface area contributed by atoms with Crippen molar-refractivity contribution in [1.82, 2.24) is 5.43 Å². The van der Waals surface area contributed by atoms with E-state index in [4.69, 9.17) is 5.84 Å². The normalized spacial score (nSPS) is 13.2. The van der Waals surface area contributed by atoms with Crippen molar-refractivity contribution in [2.45, 2.75) is 12.5 Å². The molecule has 68 valence electrons. The largest absolute Gasteiger partial charge is 0.271 e. The molecule has 12 heavy (non-hydrogen) atoms. The van der Waals surface area contributed by atoms with E-state index in [-0.39, 0.29) is 0 Å². The van der Waals surface area contributed by atoms with Gasteiger partial charge in [0, 0.05) is 6.04 Å². The van der Waals surface area contributed by atoms with Crippen LogP contribution in [0, 0.1) is 0 Å². The van der Waals surface area contributed by atoms with Gasteiger partial charge in [-0.05, 0) is 40.8 Å². The molecular weight excluding hydrogens is 188 g/mol. The predicted molar refractivity (Wildman–Crippen MR) is 57.4 cm³/mol. The molecule has 0 aromatic carbocycles. The standard InChI is InChI=1S/C8H14N2S2/c1-11-4-3-8(10-9)7-2-5-12-6-7/h2,5-6,8,10H,3-4,9H2,1H3. The van der Waals surface area contributed by atoms with Gasteiger partial charge in [-0.25, -0.2) is 0 Å². The van der Waals surface area contributed by atoms with Gasteiger partial charge in [0.1, 0.15) is 0 Å². The number of thiophene rings is 1. The molecule has 2 nitrogen and oxygen atoms in total. The van der Waals surface area contributed by atoms with Crippen molar-refractivity contribution < 1.29 is 0 Å². The van der Waals surface area contributed by atoms with E-state index in [1.807, 2.05) is 11.8 Å². The number of hydrogen-bond donors (Lipinski definition) is 2. The fraction of sp³-hybridized carbons (Fsp3) is 0.500. The van der Waals surface area contributed by atoms with Crippen LogP contribution in [0.25, 0.3) is 0 Å². The van der Waals surface area contributed by atoms with Crippen molar-refractivity contribution in [2.75, 3.05) is 12.0 Å². The first-order valence-corrected chi connectivity index (χ1v) is 6.19. The summed E-state index contributed by atoms with van der Waals surface area (Å²) in [6.07, 6.45) is 3.20. The molecule has 1 heterocycles. The highest BCUT2D eigenvalue weighted by Crippen LogP contribution is 2.19. The summed E-state index contributed by atoms with van der Waals surface area (Å²) in [4.78, 5) is 0. The summed E-state index contributed by atoms with van der Waals surface area (Å²) >= 11 is 3.56.